The van der Waals surface area contributed by atoms with Gasteiger partial charge in [0.25, 0.3) is 0 Å². The highest BCUT2D eigenvalue weighted by Crippen LogP contribution is 2.30. The minimum absolute atomic E-state index is 0.151. The van der Waals surface area contributed by atoms with Gasteiger partial charge >= 0.3 is 12.1 Å². The molecule has 0 aromatic carbocycles. The predicted molar refractivity (Wildman–Crippen MR) is 55.0 cm³/mol. The summed E-state index contributed by atoms with van der Waals surface area (Å²) in [5.41, 5.74) is -0.391. The zero-order chi connectivity index (χ0) is 13.2. The van der Waals surface area contributed by atoms with E-state index in [1.807, 2.05) is 0 Å². The molecular formula is C9H7BrF3NO3. The van der Waals surface area contributed by atoms with E-state index in [0.717, 1.165) is 19.2 Å². The minimum Gasteiger partial charge on any atom is -0.480 e. The number of aromatic nitrogens is 1. The number of hydrogen-bond acceptors (Lipinski definition) is 3. The van der Waals surface area contributed by atoms with Gasteiger partial charge in [0.1, 0.15) is 5.75 Å². The minimum atomic E-state index is -4.52. The molecule has 0 saturated heterocycles. The van der Waals surface area contributed by atoms with Crippen LogP contribution in [0.2, 0.25) is 0 Å². The number of nitrogens with zero attached hydrogens (tertiary/aromatic N) is 1. The van der Waals surface area contributed by atoms with Gasteiger partial charge in [-0.15, -0.1) is 0 Å². The Morgan fingerprint density at radius 3 is 2.65 bits per heavy atom. The summed E-state index contributed by atoms with van der Waals surface area (Å²) < 4.78 is 41.5. The number of hydrogen-bond donors (Lipinski definition) is 1. The van der Waals surface area contributed by atoms with Crippen molar-refractivity contribution < 1.29 is 27.8 Å². The van der Waals surface area contributed by atoms with Crippen molar-refractivity contribution in [3.05, 3.63) is 22.4 Å². The van der Waals surface area contributed by atoms with E-state index in [0.29, 0.717) is 0 Å². The lowest BCUT2D eigenvalue weighted by Gasteiger charge is -2.18. The van der Waals surface area contributed by atoms with Gasteiger partial charge in [0.2, 0.25) is 0 Å². The summed E-state index contributed by atoms with van der Waals surface area (Å²) in [6.07, 6.45) is -5.49. The highest BCUT2D eigenvalue weighted by Gasteiger charge is 2.38. The van der Waals surface area contributed by atoms with Gasteiger partial charge < -0.3 is 9.84 Å². The van der Waals surface area contributed by atoms with E-state index in [1.165, 1.54) is 0 Å². The third-order valence-electron chi connectivity index (χ3n) is 1.80. The van der Waals surface area contributed by atoms with Gasteiger partial charge in [-0.3, -0.25) is 0 Å². The average molecular weight is 314 g/mol. The number of carboxylic acid groups (broad SMARTS) is 1. The van der Waals surface area contributed by atoms with Crippen molar-refractivity contribution in [2.45, 2.75) is 19.2 Å². The SMILES string of the molecule is C[C@H](Oc1cc(C(=O)O)ncc1Br)C(F)(F)F. The molecule has 0 unspecified atom stereocenters. The Labute approximate surface area is 103 Å². The summed E-state index contributed by atoms with van der Waals surface area (Å²) in [5.74, 6) is -1.57. The molecule has 1 heterocycles. The number of alkyl halides is 3. The lowest BCUT2D eigenvalue weighted by Crippen LogP contribution is -2.31. The molecule has 0 fully saturated rings. The summed E-state index contributed by atoms with van der Waals surface area (Å²) >= 11 is 2.93. The van der Waals surface area contributed by atoms with Crippen LogP contribution >= 0.6 is 15.9 Å². The van der Waals surface area contributed by atoms with Crippen molar-refractivity contribution in [3.63, 3.8) is 0 Å². The fourth-order valence-corrected chi connectivity index (χ4v) is 1.20. The molecule has 0 aliphatic heterocycles. The quantitative estimate of drug-likeness (QED) is 0.932. The average Bonchev–Trinajstić information content (AvgIpc) is 2.19. The van der Waals surface area contributed by atoms with E-state index in [9.17, 15) is 18.0 Å². The van der Waals surface area contributed by atoms with Crippen LogP contribution in [0.15, 0.2) is 16.7 Å². The molecule has 0 bridgehead atoms. The zero-order valence-electron chi connectivity index (χ0n) is 8.45. The zero-order valence-corrected chi connectivity index (χ0v) is 10.0. The van der Waals surface area contributed by atoms with Gasteiger partial charge in [-0.05, 0) is 22.9 Å². The molecule has 0 saturated carbocycles. The van der Waals surface area contributed by atoms with Crippen LogP contribution in [0.1, 0.15) is 17.4 Å². The molecule has 0 aliphatic carbocycles. The van der Waals surface area contributed by atoms with Crippen LogP contribution in [0.25, 0.3) is 0 Å². The molecule has 1 aromatic rings. The van der Waals surface area contributed by atoms with Crippen molar-refractivity contribution in [3.8, 4) is 5.75 Å². The Kier molecular flexibility index (Phi) is 3.97. The fourth-order valence-electron chi connectivity index (χ4n) is 0.885. The summed E-state index contributed by atoms with van der Waals surface area (Å²) in [5, 5.41) is 8.64. The molecule has 8 heteroatoms. The maximum absolute atomic E-state index is 12.3. The van der Waals surface area contributed by atoms with E-state index in [2.05, 4.69) is 25.7 Å². The Morgan fingerprint density at radius 2 is 2.18 bits per heavy atom. The molecule has 17 heavy (non-hydrogen) atoms. The van der Waals surface area contributed by atoms with Crippen LogP contribution in [0.5, 0.6) is 5.75 Å². The van der Waals surface area contributed by atoms with Crippen LogP contribution in [0.4, 0.5) is 13.2 Å². The van der Waals surface area contributed by atoms with E-state index in [1.54, 1.807) is 0 Å². The molecule has 1 aromatic heterocycles. The molecule has 4 nitrogen and oxygen atoms in total. The topological polar surface area (TPSA) is 59.4 Å². The molecule has 1 N–H and O–H groups in total. The monoisotopic (exact) mass is 313 g/mol. The Balaban J connectivity index is 2.98. The summed E-state index contributed by atoms with van der Waals surface area (Å²) in [6.45, 7) is 0.827. The van der Waals surface area contributed by atoms with Gasteiger partial charge in [0, 0.05) is 12.3 Å². The number of halogens is 4. The molecule has 0 spiro atoms. The van der Waals surface area contributed by atoms with E-state index in [-0.39, 0.29) is 10.2 Å². The molecule has 0 amide bonds. The second-order valence-electron chi connectivity index (χ2n) is 3.11. The third-order valence-corrected chi connectivity index (χ3v) is 2.40. The largest absolute Gasteiger partial charge is 0.480 e. The van der Waals surface area contributed by atoms with Gasteiger partial charge in [-0.2, -0.15) is 13.2 Å². The number of pyridine rings is 1. The van der Waals surface area contributed by atoms with E-state index in [4.69, 9.17) is 5.11 Å². The van der Waals surface area contributed by atoms with Crippen LogP contribution in [-0.4, -0.2) is 28.3 Å². The first kappa shape index (κ1) is 13.8. The molecule has 0 aliphatic rings. The summed E-state index contributed by atoms with van der Waals surface area (Å²) in [6, 6.07) is 0.925. The second-order valence-corrected chi connectivity index (χ2v) is 3.96. The Morgan fingerprint density at radius 1 is 1.59 bits per heavy atom. The van der Waals surface area contributed by atoms with Gasteiger partial charge in [-0.1, -0.05) is 0 Å². The van der Waals surface area contributed by atoms with Crippen molar-refractivity contribution in [1.29, 1.82) is 0 Å². The number of aromatic carboxylic acids is 1. The maximum atomic E-state index is 12.3. The lowest BCUT2D eigenvalue weighted by molar-refractivity contribution is -0.189. The normalized spacial score (nSPS) is 13.2. The van der Waals surface area contributed by atoms with Crippen LogP contribution in [0, 0.1) is 0 Å². The highest BCUT2D eigenvalue weighted by atomic mass is 79.9. The first-order valence-corrected chi connectivity index (χ1v) is 5.13. The number of ether oxygens (including phenoxy) is 1. The smallest absolute Gasteiger partial charge is 0.425 e. The molecular weight excluding hydrogens is 307 g/mol. The van der Waals surface area contributed by atoms with Crippen molar-refractivity contribution >= 4 is 21.9 Å². The molecule has 0 radical (unpaired) electrons. The Bertz CT molecular complexity index is 436. The van der Waals surface area contributed by atoms with E-state index < -0.39 is 23.9 Å². The first-order chi connectivity index (χ1) is 7.71. The van der Waals surface area contributed by atoms with Crippen molar-refractivity contribution in [2.24, 2.45) is 0 Å². The summed E-state index contributed by atoms with van der Waals surface area (Å²) in [7, 11) is 0. The molecule has 94 valence electrons. The number of rotatable bonds is 3. The predicted octanol–water partition coefficient (Wildman–Crippen LogP) is 2.87. The van der Waals surface area contributed by atoms with Crippen LogP contribution < -0.4 is 4.74 Å². The standard InChI is InChI=1S/C9H7BrF3NO3/c1-4(9(11,12)13)17-7-2-6(8(15)16)14-3-5(7)10/h2-4H,1H3,(H,15,16)/t4-/m0/s1. The Hall–Kier alpha value is -1.31. The fraction of sp³-hybridized carbons (Fsp3) is 0.333. The highest BCUT2D eigenvalue weighted by molar-refractivity contribution is 9.10. The van der Waals surface area contributed by atoms with Crippen LogP contribution in [-0.2, 0) is 0 Å². The van der Waals surface area contributed by atoms with Gasteiger partial charge in [0.15, 0.2) is 11.8 Å². The van der Waals surface area contributed by atoms with Crippen LogP contribution in [0.3, 0.4) is 0 Å². The van der Waals surface area contributed by atoms with Crippen molar-refractivity contribution in [2.75, 3.05) is 0 Å². The number of carbonyl (C=O) groups is 1. The number of carboxylic acids is 1. The van der Waals surface area contributed by atoms with Crippen molar-refractivity contribution in [1.82, 2.24) is 4.98 Å². The lowest BCUT2D eigenvalue weighted by atomic mass is 10.3. The van der Waals surface area contributed by atoms with Gasteiger partial charge in [-0.25, -0.2) is 9.78 Å². The third kappa shape index (κ3) is 3.58. The van der Waals surface area contributed by atoms with Gasteiger partial charge in [0.05, 0.1) is 4.47 Å². The molecule has 1 atom stereocenters. The molecule has 1 rings (SSSR count). The first-order valence-electron chi connectivity index (χ1n) is 4.34. The van der Waals surface area contributed by atoms with E-state index >= 15 is 0 Å². The maximum Gasteiger partial charge on any atom is 0.425 e. The summed E-state index contributed by atoms with van der Waals surface area (Å²) in [4.78, 5) is 14.1. The second kappa shape index (κ2) is 4.91.